The highest BCUT2D eigenvalue weighted by Crippen LogP contribution is 2.36. The fourth-order valence-electron chi connectivity index (χ4n) is 2.33. The van der Waals surface area contributed by atoms with Crippen LogP contribution < -0.4 is 0 Å². The second kappa shape index (κ2) is 7.43. The average molecular weight is 260 g/mol. The summed E-state index contributed by atoms with van der Waals surface area (Å²) in [5, 5.41) is 0. The molecule has 0 aliphatic carbocycles. The number of hydrogen-bond donors (Lipinski definition) is 0. The van der Waals surface area contributed by atoms with Crippen LogP contribution in [0.2, 0.25) is 0 Å². The number of rotatable bonds is 7. The fraction of sp³-hybridized carbons (Fsp3) is 1.00. The molecule has 1 rings (SSSR count). The zero-order valence-corrected chi connectivity index (χ0v) is 12.4. The van der Waals surface area contributed by atoms with Crippen LogP contribution in [-0.4, -0.2) is 38.0 Å². The SMILES string of the molecule is CCOC1OC(C)(C(OCC)OCC)CCC1C. The Balaban J connectivity index is 2.70. The maximum absolute atomic E-state index is 6.12. The Hall–Kier alpha value is -0.160. The van der Waals surface area contributed by atoms with Gasteiger partial charge in [0.2, 0.25) is 0 Å². The van der Waals surface area contributed by atoms with E-state index in [4.69, 9.17) is 18.9 Å². The predicted molar refractivity (Wildman–Crippen MR) is 70.3 cm³/mol. The molecule has 1 heterocycles. The minimum atomic E-state index is -0.418. The highest BCUT2D eigenvalue weighted by atomic mass is 16.7. The van der Waals surface area contributed by atoms with Crippen LogP contribution in [0.15, 0.2) is 0 Å². The summed E-state index contributed by atoms with van der Waals surface area (Å²) in [6.45, 7) is 12.1. The van der Waals surface area contributed by atoms with Gasteiger partial charge in [0, 0.05) is 25.7 Å². The van der Waals surface area contributed by atoms with Gasteiger partial charge in [-0.25, -0.2) is 0 Å². The summed E-state index contributed by atoms with van der Waals surface area (Å²) in [5.41, 5.74) is -0.418. The summed E-state index contributed by atoms with van der Waals surface area (Å²) in [4.78, 5) is 0. The second-order valence-electron chi connectivity index (χ2n) is 5.01. The normalized spacial score (nSPS) is 33.0. The first-order chi connectivity index (χ1) is 8.57. The van der Waals surface area contributed by atoms with Gasteiger partial charge < -0.3 is 18.9 Å². The monoisotopic (exact) mass is 260 g/mol. The second-order valence-corrected chi connectivity index (χ2v) is 5.01. The highest BCUT2D eigenvalue weighted by molar-refractivity contribution is 4.86. The van der Waals surface area contributed by atoms with Crippen LogP contribution in [0, 0.1) is 5.92 Å². The number of hydrogen-bond acceptors (Lipinski definition) is 4. The van der Waals surface area contributed by atoms with E-state index < -0.39 is 5.60 Å². The molecule has 0 aromatic rings. The van der Waals surface area contributed by atoms with Crippen LogP contribution in [0.3, 0.4) is 0 Å². The number of ether oxygens (including phenoxy) is 4. The van der Waals surface area contributed by atoms with E-state index in [1.54, 1.807) is 0 Å². The summed E-state index contributed by atoms with van der Waals surface area (Å²) >= 11 is 0. The van der Waals surface area contributed by atoms with Crippen LogP contribution in [0.1, 0.15) is 47.5 Å². The molecule has 0 aromatic heterocycles. The van der Waals surface area contributed by atoms with Crippen LogP contribution in [0.4, 0.5) is 0 Å². The Labute approximate surface area is 111 Å². The zero-order chi connectivity index (χ0) is 13.6. The lowest BCUT2D eigenvalue weighted by Crippen LogP contribution is -2.52. The molecule has 0 aromatic carbocycles. The third-order valence-electron chi connectivity index (χ3n) is 3.41. The van der Waals surface area contributed by atoms with Crippen LogP contribution in [-0.2, 0) is 18.9 Å². The van der Waals surface area contributed by atoms with Gasteiger partial charge >= 0.3 is 0 Å². The predicted octanol–water partition coefficient (Wildman–Crippen LogP) is 2.95. The van der Waals surface area contributed by atoms with Gasteiger partial charge in [0.05, 0.1) is 0 Å². The summed E-state index contributed by atoms with van der Waals surface area (Å²) in [6, 6.07) is 0. The molecule has 0 radical (unpaired) electrons. The van der Waals surface area contributed by atoms with Gasteiger partial charge in [-0.05, 0) is 40.5 Å². The van der Waals surface area contributed by atoms with Gasteiger partial charge in [-0.15, -0.1) is 0 Å². The van der Waals surface area contributed by atoms with Crippen molar-refractivity contribution in [2.75, 3.05) is 19.8 Å². The molecule has 4 heteroatoms. The lowest BCUT2D eigenvalue weighted by molar-refractivity contribution is -0.322. The lowest BCUT2D eigenvalue weighted by atomic mass is 9.89. The van der Waals surface area contributed by atoms with Crippen molar-refractivity contribution in [2.45, 2.75) is 65.6 Å². The molecular formula is C14H28O4. The molecule has 1 aliphatic heterocycles. The molecule has 1 fully saturated rings. The summed E-state index contributed by atoms with van der Waals surface area (Å²) in [7, 11) is 0. The van der Waals surface area contributed by atoms with Crippen molar-refractivity contribution in [3.05, 3.63) is 0 Å². The van der Waals surface area contributed by atoms with Gasteiger partial charge in [0.15, 0.2) is 12.6 Å². The third-order valence-corrected chi connectivity index (χ3v) is 3.41. The maximum Gasteiger partial charge on any atom is 0.186 e. The largest absolute Gasteiger partial charge is 0.353 e. The van der Waals surface area contributed by atoms with Crippen molar-refractivity contribution in [1.82, 2.24) is 0 Å². The van der Waals surface area contributed by atoms with Crippen LogP contribution >= 0.6 is 0 Å². The van der Waals surface area contributed by atoms with Gasteiger partial charge in [-0.1, -0.05) is 6.92 Å². The Kier molecular flexibility index (Phi) is 6.57. The van der Waals surface area contributed by atoms with E-state index in [9.17, 15) is 0 Å². The van der Waals surface area contributed by atoms with E-state index in [0.29, 0.717) is 25.7 Å². The Morgan fingerprint density at radius 1 is 1.17 bits per heavy atom. The van der Waals surface area contributed by atoms with Crippen molar-refractivity contribution < 1.29 is 18.9 Å². The van der Waals surface area contributed by atoms with E-state index in [1.165, 1.54) is 0 Å². The van der Waals surface area contributed by atoms with Crippen LogP contribution in [0.5, 0.6) is 0 Å². The lowest BCUT2D eigenvalue weighted by Gasteiger charge is -2.44. The van der Waals surface area contributed by atoms with Crippen molar-refractivity contribution in [2.24, 2.45) is 5.92 Å². The van der Waals surface area contributed by atoms with E-state index >= 15 is 0 Å². The van der Waals surface area contributed by atoms with Gasteiger partial charge in [0.25, 0.3) is 0 Å². The first kappa shape index (κ1) is 15.9. The highest BCUT2D eigenvalue weighted by Gasteiger charge is 2.44. The van der Waals surface area contributed by atoms with Crippen molar-refractivity contribution in [1.29, 1.82) is 0 Å². The van der Waals surface area contributed by atoms with Gasteiger partial charge in [0.1, 0.15) is 5.60 Å². The first-order valence-corrected chi connectivity index (χ1v) is 7.10. The van der Waals surface area contributed by atoms with E-state index in [-0.39, 0.29) is 12.6 Å². The standard InChI is InChI=1S/C14H28O4/c1-6-15-12-11(4)9-10-14(5,18-12)13(16-7-2)17-8-3/h11-13H,6-10H2,1-5H3. The molecule has 3 atom stereocenters. The molecule has 4 nitrogen and oxygen atoms in total. The quantitative estimate of drug-likeness (QED) is 0.659. The van der Waals surface area contributed by atoms with Crippen LogP contribution in [0.25, 0.3) is 0 Å². The molecule has 18 heavy (non-hydrogen) atoms. The molecule has 0 N–H and O–H groups in total. The Morgan fingerprint density at radius 3 is 2.28 bits per heavy atom. The summed E-state index contributed by atoms with van der Waals surface area (Å²) in [5.74, 6) is 0.418. The van der Waals surface area contributed by atoms with E-state index in [2.05, 4.69) is 13.8 Å². The van der Waals surface area contributed by atoms with E-state index in [1.807, 2.05) is 20.8 Å². The van der Waals surface area contributed by atoms with Crippen molar-refractivity contribution in [3.63, 3.8) is 0 Å². The zero-order valence-electron chi connectivity index (χ0n) is 12.4. The molecule has 1 saturated heterocycles. The average Bonchev–Trinajstić information content (AvgIpc) is 2.34. The minimum Gasteiger partial charge on any atom is -0.353 e. The third kappa shape index (κ3) is 3.92. The molecular weight excluding hydrogens is 232 g/mol. The van der Waals surface area contributed by atoms with Gasteiger partial charge in [-0.3, -0.25) is 0 Å². The molecule has 108 valence electrons. The van der Waals surface area contributed by atoms with Crippen molar-refractivity contribution in [3.8, 4) is 0 Å². The Morgan fingerprint density at radius 2 is 1.78 bits per heavy atom. The van der Waals surface area contributed by atoms with E-state index in [0.717, 1.165) is 12.8 Å². The van der Waals surface area contributed by atoms with Gasteiger partial charge in [-0.2, -0.15) is 0 Å². The molecule has 0 spiro atoms. The summed E-state index contributed by atoms with van der Waals surface area (Å²) in [6.07, 6.45) is 1.53. The molecule has 0 bridgehead atoms. The smallest absolute Gasteiger partial charge is 0.186 e. The topological polar surface area (TPSA) is 36.9 Å². The van der Waals surface area contributed by atoms with Crippen molar-refractivity contribution >= 4 is 0 Å². The first-order valence-electron chi connectivity index (χ1n) is 7.10. The Bertz CT molecular complexity index is 228. The molecule has 0 amide bonds. The molecule has 0 saturated carbocycles. The fourth-order valence-corrected chi connectivity index (χ4v) is 2.33. The molecule has 3 unspecified atom stereocenters. The molecule has 1 aliphatic rings. The maximum atomic E-state index is 6.12. The summed E-state index contributed by atoms with van der Waals surface area (Å²) < 4.78 is 23.2. The minimum absolute atomic E-state index is 0.155.